The number of nitrogens with one attached hydrogen (secondary N) is 1. The Balaban J connectivity index is 1.24. The molecule has 0 atom stereocenters. The third kappa shape index (κ3) is 3.84. The van der Waals surface area contributed by atoms with Crippen molar-refractivity contribution in [2.75, 3.05) is 19.9 Å². The fourth-order valence-corrected chi connectivity index (χ4v) is 3.93. The van der Waals surface area contributed by atoms with Gasteiger partial charge in [0.1, 0.15) is 0 Å². The van der Waals surface area contributed by atoms with Crippen molar-refractivity contribution in [1.82, 2.24) is 10.2 Å². The van der Waals surface area contributed by atoms with E-state index in [-0.39, 0.29) is 30.6 Å². The predicted octanol–water partition coefficient (Wildman–Crippen LogP) is 3.39. The number of amides is 2. The van der Waals surface area contributed by atoms with Crippen LogP contribution < -0.4 is 14.8 Å². The Morgan fingerprint density at radius 3 is 2.10 bits per heavy atom. The van der Waals surface area contributed by atoms with Crippen molar-refractivity contribution in [3.63, 3.8) is 0 Å². The number of hydrogen-bond donors (Lipinski definition) is 1. The molecule has 0 saturated carbocycles. The second-order valence-corrected chi connectivity index (χ2v) is 7.74. The van der Waals surface area contributed by atoms with E-state index >= 15 is 0 Å². The monoisotopic (exact) mass is 414 g/mol. The lowest BCUT2D eigenvalue weighted by Gasteiger charge is -2.39. The van der Waals surface area contributed by atoms with Crippen molar-refractivity contribution in [2.24, 2.45) is 5.92 Å². The number of ether oxygens (including phenoxy) is 2. The van der Waals surface area contributed by atoms with Crippen LogP contribution in [0.1, 0.15) is 27.5 Å². The average molecular weight is 414 g/mol. The first kappa shape index (κ1) is 19.2. The molecule has 0 aliphatic carbocycles. The van der Waals surface area contributed by atoms with E-state index in [4.69, 9.17) is 9.47 Å². The zero-order chi connectivity index (χ0) is 21.2. The molecule has 2 aliphatic heterocycles. The molecule has 3 aromatic carbocycles. The van der Waals surface area contributed by atoms with Gasteiger partial charge >= 0.3 is 0 Å². The largest absolute Gasteiger partial charge is 0.454 e. The molecule has 0 spiro atoms. The van der Waals surface area contributed by atoms with Crippen LogP contribution in [0.15, 0.2) is 78.9 Å². The molecule has 0 unspecified atom stereocenters. The highest BCUT2D eigenvalue weighted by Gasteiger charge is 2.37. The summed E-state index contributed by atoms with van der Waals surface area (Å²) in [6.45, 7) is 0.966. The van der Waals surface area contributed by atoms with Crippen LogP contribution in [0, 0.1) is 5.92 Å². The molecular formula is C25H22N2O4. The van der Waals surface area contributed by atoms with Gasteiger partial charge in [0.25, 0.3) is 5.91 Å². The molecule has 2 aliphatic rings. The highest BCUT2D eigenvalue weighted by atomic mass is 16.7. The van der Waals surface area contributed by atoms with Gasteiger partial charge in [-0.25, -0.2) is 0 Å². The van der Waals surface area contributed by atoms with Gasteiger partial charge in [0, 0.05) is 18.7 Å². The molecule has 0 aromatic heterocycles. The summed E-state index contributed by atoms with van der Waals surface area (Å²) in [5.41, 5.74) is 2.58. The van der Waals surface area contributed by atoms with Gasteiger partial charge < -0.3 is 19.7 Å². The minimum atomic E-state index is -0.229. The summed E-state index contributed by atoms with van der Waals surface area (Å²) in [4.78, 5) is 27.4. The van der Waals surface area contributed by atoms with Crippen LogP contribution in [0.25, 0.3) is 0 Å². The number of benzene rings is 3. The quantitative estimate of drug-likeness (QED) is 0.695. The number of carbonyl (C=O) groups is 2. The van der Waals surface area contributed by atoms with E-state index in [1.165, 1.54) is 0 Å². The molecule has 2 amide bonds. The number of rotatable bonds is 5. The topological polar surface area (TPSA) is 67.9 Å². The Kier molecular flexibility index (Phi) is 5.04. The second-order valence-electron chi connectivity index (χ2n) is 7.74. The minimum Gasteiger partial charge on any atom is -0.454 e. The standard InChI is InChI=1S/C25H22N2O4/c28-24(26-23(17-7-3-1-4-8-17)18-9-5-2-6-10-18)20-14-27(15-20)25(29)19-11-12-21-22(13-19)31-16-30-21/h1-13,20,23H,14-16H2,(H,26,28). The van der Waals surface area contributed by atoms with E-state index in [0.717, 1.165) is 11.1 Å². The summed E-state index contributed by atoms with van der Waals surface area (Å²) in [7, 11) is 0. The van der Waals surface area contributed by atoms with E-state index in [2.05, 4.69) is 5.32 Å². The van der Waals surface area contributed by atoms with Crippen LogP contribution >= 0.6 is 0 Å². The van der Waals surface area contributed by atoms with Crippen LogP contribution in [0.3, 0.4) is 0 Å². The lowest BCUT2D eigenvalue weighted by molar-refractivity contribution is -0.129. The average Bonchev–Trinajstić information content (AvgIpc) is 3.25. The number of hydrogen-bond acceptors (Lipinski definition) is 4. The number of likely N-dealkylation sites (tertiary alicyclic amines) is 1. The molecular weight excluding hydrogens is 392 g/mol. The SMILES string of the molecule is O=C(NC(c1ccccc1)c1ccccc1)C1CN(C(=O)c2ccc3c(c2)OCO3)C1. The summed E-state index contributed by atoms with van der Waals surface area (Å²) in [5, 5.41) is 3.17. The Morgan fingerprint density at radius 1 is 0.839 bits per heavy atom. The number of fused-ring (bicyclic) bond motifs is 1. The van der Waals surface area contributed by atoms with Crippen molar-refractivity contribution in [1.29, 1.82) is 0 Å². The van der Waals surface area contributed by atoms with Gasteiger partial charge in [0.05, 0.1) is 12.0 Å². The summed E-state index contributed by atoms with van der Waals surface area (Å²) in [6, 6.07) is 24.7. The maximum atomic E-state index is 13.0. The van der Waals surface area contributed by atoms with Gasteiger partial charge in [-0.3, -0.25) is 9.59 Å². The number of carbonyl (C=O) groups excluding carboxylic acids is 2. The Bertz CT molecular complexity index is 1060. The molecule has 1 saturated heterocycles. The molecule has 0 bridgehead atoms. The third-order valence-electron chi connectivity index (χ3n) is 5.71. The summed E-state index contributed by atoms with van der Waals surface area (Å²) in [6.07, 6.45) is 0. The fourth-order valence-electron chi connectivity index (χ4n) is 3.93. The highest BCUT2D eigenvalue weighted by molar-refractivity contribution is 5.96. The van der Waals surface area contributed by atoms with E-state index in [1.54, 1.807) is 23.1 Å². The first-order valence-corrected chi connectivity index (χ1v) is 10.3. The first-order valence-electron chi connectivity index (χ1n) is 10.3. The molecule has 2 heterocycles. The summed E-state index contributed by atoms with van der Waals surface area (Å²) in [5.74, 6) is 0.838. The zero-order valence-corrected chi connectivity index (χ0v) is 16.9. The number of nitrogens with zero attached hydrogens (tertiary/aromatic N) is 1. The maximum absolute atomic E-state index is 13.0. The zero-order valence-electron chi connectivity index (χ0n) is 16.9. The van der Waals surface area contributed by atoms with Crippen molar-refractivity contribution >= 4 is 11.8 Å². The van der Waals surface area contributed by atoms with Crippen LogP contribution in [-0.4, -0.2) is 36.6 Å². The van der Waals surface area contributed by atoms with Crippen molar-refractivity contribution in [2.45, 2.75) is 6.04 Å². The molecule has 3 aromatic rings. The van der Waals surface area contributed by atoms with Gasteiger partial charge in [-0.1, -0.05) is 60.7 Å². The van der Waals surface area contributed by atoms with Crippen LogP contribution in [-0.2, 0) is 4.79 Å². The van der Waals surface area contributed by atoms with Crippen molar-refractivity contribution in [3.05, 3.63) is 95.6 Å². The van der Waals surface area contributed by atoms with Crippen LogP contribution in [0.4, 0.5) is 0 Å². The van der Waals surface area contributed by atoms with Crippen LogP contribution in [0.5, 0.6) is 11.5 Å². The van der Waals surface area contributed by atoms with E-state index in [9.17, 15) is 9.59 Å². The smallest absolute Gasteiger partial charge is 0.254 e. The lowest BCUT2D eigenvalue weighted by atomic mass is 9.94. The Hall–Kier alpha value is -3.80. The first-order chi connectivity index (χ1) is 15.2. The second kappa shape index (κ2) is 8.14. The van der Waals surface area contributed by atoms with Crippen molar-refractivity contribution < 1.29 is 19.1 Å². The summed E-state index contributed by atoms with van der Waals surface area (Å²) < 4.78 is 10.6. The molecule has 1 N–H and O–H groups in total. The highest BCUT2D eigenvalue weighted by Crippen LogP contribution is 2.33. The van der Waals surface area contributed by atoms with Crippen LogP contribution in [0.2, 0.25) is 0 Å². The third-order valence-corrected chi connectivity index (χ3v) is 5.71. The van der Waals surface area contributed by atoms with Crippen molar-refractivity contribution in [3.8, 4) is 11.5 Å². The van der Waals surface area contributed by atoms with Gasteiger partial charge in [-0.2, -0.15) is 0 Å². The summed E-state index contributed by atoms with van der Waals surface area (Å²) >= 11 is 0. The normalized spacial score (nSPS) is 14.9. The Morgan fingerprint density at radius 2 is 1.45 bits per heavy atom. The van der Waals surface area contributed by atoms with Gasteiger partial charge in [0.2, 0.25) is 12.7 Å². The minimum absolute atomic E-state index is 0.0487. The van der Waals surface area contributed by atoms with E-state index in [0.29, 0.717) is 30.2 Å². The lowest BCUT2D eigenvalue weighted by Crippen LogP contribution is -2.56. The molecule has 0 radical (unpaired) electrons. The molecule has 31 heavy (non-hydrogen) atoms. The molecule has 5 rings (SSSR count). The molecule has 1 fully saturated rings. The van der Waals surface area contributed by atoms with Gasteiger partial charge in [-0.05, 0) is 29.3 Å². The molecule has 6 nitrogen and oxygen atoms in total. The van der Waals surface area contributed by atoms with E-state index in [1.807, 2.05) is 60.7 Å². The molecule has 156 valence electrons. The predicted molar refractivity (Wildman–Crippen MR) is 115 cm³/mol. The molecule has 6 heteroatoms. The maximum Gasteiger partial charge on any atom is 0.254 e. The van der Waals surface area contributed by atoms with Gasteiger partial charge in [-0.15, -0.1) is 0 Å². The van der Waals surface area contributed by atoms with Gasteiger partial charge in [0.15, 0.2) is 11.5 Å². The Labute approximate surface area is 180 Å². The van der Waals surface area contributed by atoms with E-state index < -0.39 is 0 Å². The fraction of sp³-hybridized carbons (Fsp3) is 0.200.